The number of likely N-dealkylation sites (N-methyl/N-ethyl adjacent to an activating group) is 2. The third-order valence-corrected chi connectivity index (χ3v) is 3.20. The zero-order chi connectivity index (χ0) is 9.26. The topological polar surface area (TPSA) is 30.5 Å². The van der Waals surface area contributed by atoms with Gasteiger partial charge < -0.3 is 5.32 Å². The van der Waals surface area contributed by atoms with Gasteiger partial charge in [0.25, 0.3) is 0 Å². The Balaban J connectivity index is 2.06. The summed E-state index contributed by atoms with van der Waals surface area (Å²) in [5.74, 6) is 0. The van der Waals surface area contributed by atoms with Crippen molar-refractivity contribution in [1.29, 1.82) is 0 Å². The van der Waals surface area contributed by atoms with Crippen molar-refractivity contribution in [3.05, 3.63) is 0 Å². The van der Waals surface area contributed by atoms with E-state index in [9.17, 15) is 0 Å². The second-order valence-electron chi connectivity index (χ2n) is 3.80. The smallest absolute Gasteiger partial charge is 0.0918 e. The molecule has 76 valence electrons. The van der Waals surface area contributed by atoms with Crippen molar-refractivity contribution in [2.75, 3.05) is 39.8 Å². The van der Waals surface area contributed by atoms with Crippen molar-refractivity contribution in [2.24, 2.45) is 0 Å². The molecule has 0 aliphatic carbocycles. The Kier molecular flexibility index (Phi) is 2.83. The van der Waals surface area contributed by atoms with Gasteiger partial charge in [0, 0.05) is 26.2 Å². The maximum atomic E-state index is 3.51. The molecular weight excluding hydrogens is 164 g/mol. The predicted octanol–water partition coefficient (Wildman–Crippen LogP) is -0.901. The van der Waals surface area contributed by atoms with Crippen LogP contribution in [-0.2, 0) is 0 Å². The summed E-state index contributed by atoms with van der Waals surface area (Å²) in [7, 11) is 2.04. The minimum atomic E-state index is 0.441. The molecule has 2 fully saturated rings. The standard InChI is InChI=1S/C9H20N4/c1-3-12-6-7-13-5-4-11-8(10-2)9(12)13/h8-11H,3-7H2,1-2H3/t8-,9+/m1/s1. The van der Waals surface area contributed by atoms with Gasteiger partial charge in [-0.05, 0) is 13.6 Å². The van der Waals surface area contributed by atoms with Gasteiger partial charge in [-0.25, -0.2) is 0 Å². The van der Waals surface area contributed by atoms with E-state index in [0.717, 1.165) is 13.1 Å². The normalized spacial score (nSPS) is 36.5. The number of fused-ring (bicyclic) bond motifs is 1. The maximum absolute atomic E-state index is 3.51. The molecule has 0 amide bonds. The molecule has 0 bridgehead atoms. The lowest BCUT2D eigenvalue weighted by Crippen LogP contribution is -2.64. The zero-order valence-electron chi connectivity index (χ0n) is 8.58. The summed E-state index contributed by atoms with van der Waals surface area (Å²) in [5, 5.41) is 6.86. The van der Waals surface area contributed by atoms with E-state index >= 15 is 0 Å². The van der Waals surface area contributed by atoms with Crippen molar-refractivity contribution < 1.29 is 0 Å². The highest BCUT2D eigenvalue weighted by atomic mass is 15.5. The highest BCUT2D eigenvalue weighted by Gasteiger charge is 2.38. The quantitative estimate of drug-likeness (QED) is 0.582. The van der Waals surface area contributed by atoms with Crippen molar-refractivity contribution in [2.45, 2.75) is 19.3 Å². The molecule has 2 aliphatic heterocycles. The van der Waals surface area contributed by atoms with Gasteiger partial charge in [0.05, 0.1) is 12.3 Å². The van der Waals surface area contributed by atoms with E-state index in [1.165, 1.54) is 19.6 Å². The van der Waals surface area contributed by atoms with Crippen molar-refractivity contribution in [3.63, 3.8) is 0 Å². The minimum Gasteiger partial charge on any atom is -0.303 e. The van der Waals surface area contributed by atoms with Crippen molar-refractivity contribution >= 4 is 0 Å². The molecule has 13 heavy (non-hydrogen) atoms. The summed E-state index contributed by atoms with van der Waals surface area (Å²) in [6.07, 6.45) is 1.01. The average molecular weight is 184 g/mol. The highest BCUT2D eigenvalue weighted by Crippen LogP contribution is 2.18. The van der Waals surface area contributed by atoms with Crippen LogP contribution < -0.4 is 10.6 Å². The number of rotatable bonds is 2. The van der Waals surface area contributed by atoms with E-state index < -0.39 is 0 Å². The minimum absolute atomic E-state index is 0.441. The van der Waals surface area contributed by atoms with E-state index in [-0.39, 0.29) is 0 Å². The van der Waals surface area contributed by atoms with Crippen LogP contribution in [0.25, 0.3) is 0 Å². The summed E-state index contributed by atoms with van der Waals surface area (Å²) >= 11 is 0. The molecule has 2 saturated heterocycles. The second-order valence-corrected chi connectivity index (χ2v) is 3.80. The molecule has 4 heteroatoms. The first kappa shape index (κ1) is 9.40. The SMILES string of the molecule is CCN1CCN2CCN[C@@H](NC)[C@@H]12. The van der Waals surface area contributed by atoms with Crippen LogP contribution >= 0.6 is 0 Å². The van der Waals surface area contributed by atoms with Crippen LogP contribution in [0.1, 0.15) is 6.92 Å². The van der Waals surface area contributed by atoms with Crippen LogP contribution in [-0.4, -0.2) is 61.9 Å². The van der Waals surface area contributed by atoms with E-state index in [1.54, 1.807) is 0 Å². The summed E-state index contributed by atoms with van der Waals surface area (Å²) in [5.41, 5.74) is 0. The third-order valence-electron chi connectivity index (χ3n) is 3.20. The number of nitrogens with zero attached hydrogens (tertiary/aromatic N) is 2. The molecular formula is C9H20N4. The molecule has 2 atom stereocenters. The van der Waals surface area contributed by atoms with E-state index in [2.05, 4.69) is 27.4 Å². The Morgan fingerprint density at radius 2 is 2.23 bits per heavy atom. The van der Waals surface area contributed by atoms with Gasteiger partial charge >= 0.3 is 0 Å². The predicted molar refractivity (Wildman–Crippen MR) is 53.5 cm³/mol. The van der Waals surface area contributed by atoms with Crippen LogP contribution in [0.4, 0.5) is 0 Å². The molecule has 4 nitrogen and oxygen atoms in total. The molecule has 2 rings (SSSR count). The van der Waals surface area contributed by atoms with E-state index in [4.69, 9.17) is 0 Å². The first-order valence-electron chi connectivity index (χ1n) is 5.25. The van der Waals surface area contributed by atoms with Crippen LogP contribution in [0, 0.1) is 0 Å². The monoisotopic (exact) mass is 184 g/mol. The molecule has 0 aromatic rings. The van der Waals surface area contributed by atoms with Crippen molar-refractivity contribution in [1.82, 2.24) is 20.4 Å². The first-order chi connectivity index (χ1) is 6.36. The third kappa shape index (κ3) is 1.59. The van der Waals surface area contributed by atoms with Crippen LogP contribution in [0.15, 0.2) is 0 Å². The molecule has 2 heterocycles. The average Bonchev–Trinajstić information content (AvgIpc) is 2.60. The Bertz CT molecular complexity index is 167. The molecule has 0 radical (unpaired) electrons. The highest BCUT2D eigenvalue weighted by molar-refractivity contribution is 4.92. The first-order valence-corrected chi connectivity index (χ1v) is 5.25. The number of piperazine rings is 1. The fraction of sp³-hybridized carbons (Fsp3) is 1.00. The molecule has 0 unspecified atom stereocenters. The summed E-state index contributed by atoms with van der Waals surface area (Å²) in [4.78, 5) is 5.11. The lowest BCUT2D eigenvalue weighted by atomic mass is 10.2. The van der Waals surface area contributed by atoms with Gasteiger partial charge in [0.1, 0.15) is 0 Å². The van der Waals surface area contributed by atoms with Gasteiger partial charge in [-0.1, -0.05) is 6.92 Å². The molecule has 2 N–H and O–H groups in total. The Hall–Kier alpha value is -0.160. The summed E-state index contributed by atoms with van der Waals surface area (Å²) in [6.45, 7) is 8.16. The largest absolute Gasteiger partial charge is 0.303 e. The van der Waals surface area contributed by atoms with E-state index in [0.29, 0.717) is 12.3 Å². The van der Waals surface area contributed by atoms with Gasteiger partial charge in [-0.2, -0.15) is 0 Å². The summed E-state index contributed by atoms with van der Waals surface area (Å²) in [6, 6.07) is 0. The Morgan fingerprint density at radius 1 is 1.38 bits per heavy atom. The lowest BCUT2D eigenvalue weighted by molar-refractivity contribution is 0.0612. The maximum Gasteiger partial charge on any atom is 0.0918 e. The number of hydrogen-bond acceptors (Lipinski definition) is 4. The van der Waals surface area contributed by atoms with Gasteiger partial charge in [0.2, 0.25) is 0 Å². The number of hydrogen-bond donors (Lipinski definition) is 2. The fourth-order valence-corrected chi connectivity index (χ4v) is 2.48. The molecule has 2 aliphatic rings. The molecule has 0 aromatic heterocycles. The molecule has 0 spiro atoms. The molecule has 0 aromatic carbocycles. The zero-order valence-corrected chi connectivity index (χ0v) is 8.58. The van der Waals surface area contributed by atoms with Gasteiger partial charge in [-0.3, -0.25) is 15.1 Å². The Morgan fingerprint density at radius 3 is 2.92 bits per heavy atom. The summed E-state index contributed by atoms with van der Waals surface area (Å²) < 4.78 is 0. The fourth-order valence-electron chi connectivity index (χ4n) is 2.48. The van der Waals surface area contributed by atoms with Gasteiger partial charge in [-0.15, -0.1) is 0 Å². The Labute approximate surface area is 80.3 Å². The lowest BCUT2D eigenvalue weighted by Gasteiger charge is -2.40. The van der Waals surface area contributed by atoms with Crippen LogP contribution in [0.5, 0.6) is 0 Å². The number of nitrogens with one attached hydrogen (secondary N) is 2. The van der Waals surface area contributed by atoms with Crippen LogP contribution in [0.3, 0.4) is 0 Å². The second kappa shape index (κ2) is 3.92. The van der Waals surface area contributed by atoms with Gasteiger partial charge in [0.15, 0.2) is 0 Å². The van der Waals surface area contributed by atoms with E-state index in [1.807, 2.05) is 7.05 Å². The molecule has 0 saturated carbocycles. The van der Waals surface area contributed by atoms with Crippen LogP contribution in [0.2, 0.25) is 0 Å². The van der Waals surface area contributed by atoms with Crippen molar-refractivity contribution in [3.8, 4) is 0 Å².